The minimum absolute atomic E-state index is 0.0164. The van der Waals surface area contributed by atoms with Crippen molar-refractivity contribution < 1.29 is 13.6 Å². The molecule has 9 heteroatoms. The standard InChI is InChI=1S/C21H16F2N4O3/c1-26-11-14(19(28)24-16-8-7-13(22)9-15(16)23)17-18(26)20(29)27(21(30)25-17)10-12-5-3-2-4-6-12/h2-9,11H,10H2,1H3,(H,24,28)(H,25,30). The molecule has 0 unspecified atom stereocenters. The second-order valence-electron chi connectivity index (χ2n) is 6.76. The number of fused-ring (bicyclic) bond motifs is 1. The Kier molecular flexibility index (Phi) is 4.78. The maximum atomic E-state index is 13.9. The van der Waals surface area contributed by atoms with Crippen molar-refractivity contribution in [1.82, 2.24) is 14.1 Å². The minimum atomic E-state index is -0.942. The number of H-pyrrole nitrogens is 1. The molecular weight excluding hydrogens is 394 g/mol. The van der Waals surface area contributed by atoms with Gasteiger partial charge in [-0.25, -0.2) is 13.6 Å². The second kappa shape index (κ2) is 7.43. The van der Waals surface area contributed by atoms with Gasteiger partial charge in [0.1, 0.15) is 17.2 Å². The van der Waals surface area contributed by atoms with E-state index in [1.807, 2.05) is 6.07 Å². The molecule has 4 aromatic rings. The lowest BCUT2D eigenvalue weighted by atomic mass is 10.2. The van der Waals surface area contributed by atoms with Gasteiger partial charge in [-0.05, 0) is 17.7 Å². The number of hydrogen-bond acceptors (Lipinski definition) is 3. The van der Waals surface area contributed by atoms with Crippen LogP contribution < -0.4 is 16.6 Å². The van der Waals surface area contributed by atoms with Crippen molar-refractivity contribution in [1.29, 1.82) is 0 Å². The number of carbonyl (C=O) groups is 1. The van der Waals surface area contributed by atoms with Gasteiger partial charge in [0, 0.05) is 19.3 Å². The summed E-state index contributed by atoms with van der Waals surface area (Å²) in [4.78, 5) is 40.7. The van der Waals surface area contributed by atoms with Crippen molar-refractivity contribution in [2.24, 2.45) is 7.05 Å². The first-order valence-corrected chi connectivity index (χ1v) is 8.97. The molecule has 2 N–H and O–H groups in total. The lowest BCUT2D eigenvalue weighted by Crippen LogP contribution is -2.36. The van der Waals surface area contributed by atoms with E-state index >= 15 is 0 Å². The molecule has 0 fully saturated rings. The molecule has 152 valence electrons. The lowest BCUT2D eigenvalue weighted by molar-refractivity contribution is 0.102. The first-order valence-electron chi connectivity index (χ1n) is 8.97. The fourth-order valence-electron chi connectivity index (χ4n) is 3.27. The van der Waals surface area contributed by atoms with E-state index in [-0.39, 0.29) is 28.8 Å². The summed E-state index contributed by atoms with van der Waals surface area (Å²) < 4.78 is 29.4. The Morgan fingerprint density at radius 1 is 1.10 bits per heavy atom. The molecule has 0 spiro atoms. The van der Waals surface area contributed by atoms with Gasteiger partial charge >= 0.3 is 5.69 Å². The zero-order chi connectivity index (χ0) is 21.4. The highest BCUT2D eigenvalue weighted by atomic mass is 19.1. The highest BCUT2D eigenvalue weighted by Gasteiger charge is 2.20. The van der Waals surface area contributed by atoms with Gasteiger partial charge in [-0.15, -0.1) is 0 Å². The summed E-state index contributed by atoms with van der Waals surface area (Å²) in [6.07, 6.45) is 1.37. The number of rotatable bonds is 4. The number of amides is 1. The summed E-state index contributed by atoms with van der Waals surface area (Å²) in [6.45, 7) is 0.0679. The Bertz CT molecular complexity index is 1390. The molecule has 2 aromatic carbocycles. The quantitative estimate of drug-likeness (QED) is 0.542. The van der Waals surface area contributed by atoms with Gasteiger partial charge in [0.25, 0.3) is 11.5 Å². The average Bonchev–Trinajstić information content (AvgIpc) is 3.04. The zero-order valence-corrected chi connectivity index (χ0v) is 15.8. The monoisotopic (exact) mass is 410 g/mol. The first-order chi connectivity index (χ1) is 14.3. The number of halogens is 2. The summed E-state index contributed by atoms with van der Waals surface area (Å²) in [5.74, 6) is -2.47. The third kappa shape index (κ3) is 3.41. The van der Waals surface area contributed by atoms with Crippen LogP contribution in [0.15, 0.2) is 64.3 Å². The van der Waals surface area contributed by atoms with E-state index in [4.69, 9.17) is 0 Å². The van der Waals surface area contributed by atoms with Gasteiger partial charge in [0.15, 0.2) is 0 Å². The molecule has 7 nitrogen and oxygen atoms in total. The van der Waals surface area contributed by atoms with E-state index in [1.54, 1.807) is 31.3 Å². The van der Waals surface area contributed by atoms with E-state index in [1.165, 1.54) is 10.8 Å². The predicted molar refractivity (Wildman–Crippen MR) is 108 cm³/mol. The molecule has 0 saturated carbocycles. The number of hydrogen-bond donors (Lipinski definition) is 2. The summed E-state index contributed by atoms with van der Waals surface area (Å²) >= 11 is 0. The van der Waals surface area contributed by atoms with E-state index in [2.05, 4.69) is 10.3 Å². The number of aromatic amines is 1. The van der Waals surface area contributed by atoms with Crippen molar-refractivity contribution >= 4 is 22.6 Å². The van der Waals surface area contributed by atoms with E-state index < -0.39 is 28.8 Å². The smallest absolute Gasteiger partial charge is 0.329 e. The lowest BCUT2D eigenvalue weighted by Gasteiger charge is -2.07. The molecule has 2 aromatic heterocycles. The van der Waals surface area contributed by atoms with Gasteiger partial charge in [0.2, 0.25) is 0 Å². The predicted octanol–water partition coefficient (Wildman–Crippen LogP) is 2.61. The molecule has 0 bridgehead atoms. The third-order valence-electron chi connectivity index (χ3n) is 4.71. The normalized spacial score (nSPS) is 11.0. The van der Waals surface area contributed by atoms with E-state index in [0.717, 1.165) is 22.3 Å². The third-order valence-corrected chi connectivity index (χ3v) is 4.71. The van der Waals surface area contributed by atoms with Crippen molar-refractivity contribution in [3.63, 3.8) is 0 Å². The Morgan fingerprint density at radius 2 is 1.83 bits per heavy atom. The van der Waals surface area contributed by atoms with Crippen LogP contribution in [0.2, 0.25) is 0 Å². The SMILES string of the molecule is Cn1cc(C(=O)Nc2ccc(F)cc2F)c2[nH]c(=O)n(Cc3ccccc3)c(=O)c21. The number of aryl methyl sites for hydroxylation is 1. The fourth-order valence-corrected chi connectivity index (χ4v) is 3.27. The highest BCUT2D eigenvalue weighted by molar-refractivity contribution is 6.11. The first kappa shape index (κ1) is 19.3. The van der Waals surface area contributed by atoms with Crippen molar-refractivity contribution in [2.75, 3.05) is 5.32 Å². The van der Waals surface area contributed by atoms with Gasteiger partial charge < -0.3 is 14.9 Å². The van der Waals surface area contributed by atoms with Crippen LogP contribution in [0, 0.1) is 11.6 Å². The molecule has 0 atom stereocenters. The Balaban J connectivity index is 1.77. The fraction of sp³-hybridized carbons (Fsp3) is 0.0952. The molecule has 0 aliphatic rings. The van der Waals surface area contributed by atoms with Crippen molar-refractivity contribution in [3.05, 3.63) is 98.3 Å². The topological polar surface area (TPSA) is 88.9 Å². The molecule has 0 radical (unpaired) electrons. The molecular formula is C21H16F2N4O3. The van der Waals surface area contributed by atoms with Gasteiger partial charge in [-0.1, -0.05) is 30.3 Å². The number of nitrogens with zero attached hydrogens (tertiary/aromatic N) is 2. The minimum Gasteiger partial charge on any atom is -0.344 e. The Labute approximate surface area is 168 Å². The number of benzene rings is 2. The van der Waals surface area contributed by atoms with Crippen LogP contribution in [-0.4, -0.2) is 20.0 Å². The van der Waals surface area contributed by atoms with Gasteiger partial charge in [0.05, 0.1) is 23.3 Å². The van der Waals surface area contributed by atoms with Gasteiger partial charge in [-0.2, -0.15) is 0 Å². The second-order valence-corrected chi connectivity index (χ2v) is 6.76. The summed E-state index contributed by atoms with van der Waals surface area (Å²) in [5, 5.41) is 2.33. The summed E-state index contributed by atoms with van der Waals surface area (Å²) in [7, 11) is 1.56. The summed E-state index contributed by atoms with van der Waals surface area (Å²) in [5.41, 5.74) is -0.553. The van der Waals surface area contributed by atoms with Crippen LogP contribution in [0.25, 0.3) is 11.0 Å². The maximum Gasteiger partial charge on any atom is 0.329 e. The van der Waals surface area contributed by atoms with Gasteiger partial charge in [-0.3, -0.25) is 14.2 Å². The zero-order valence-electron chi connectivity index (χ0n) is 15.8. The molecule has 4 rings (SSSR count). The van der Waals surface area contributed by atoms with Crippen molar-refractivity contribution in [2.45, 2.75) is 6.54 Å². The number of nitrogens with one attached hydrogen (secondary N) is 2. The average molecular weight is 410 g/mol. The number of anilines is 1. The Hall–Kier alpha value is -4.01. The number of carbonyl (C=O) groups excluding carboxylic acids is 1. The molecule has 0 aliphatic heterocycles. The van der Waals surface area contributed by atoms with E-state index in [0.29, 0.717) is 6.07 Å². The molecule has 1 amide bonds. The van der Waals surface area contributed by atoms with Crippen LogP contribution in [0.4, 0.5) is 14.5 Å². The maximum absolute atomic E-state index is 13.9. The van der Waals surface area contributed by atoms with Crippen LogP contribution in [-0.2, 0) is 13.6 Å². The van der Waals surface area contributed by atoms with Crippen LogP contribution >= 0.6 is 0 Å². The van der Waals surface area contributed by atoms with Crippen LogP contribution in [0.5, 0.6) is 0 Å². The molecule has 0 saturated heterocycles. The number of aromatic nitrogens is 3. The van der Waals surface area contributed by atoms with Crippen LogP contribution in [0.1, 0.15) is 15.9 Å². The van der Waals surface area contributed by atoms with E-state index in [9.17, 15) is 23.2 Å². The van der Waals surface area contributed by atoms with Crippen LogP contribution in [0.3, 0.4) is 0 Å². The largest absolute Gasteiger partial charge is 0.344 e. The highest BCUT2D eigenvalue weighted by Crippen LogP contribution is 2.19. The molecule has 0 aliphatic carbocycles. The Morgan fingerprint density at radius 3 is 2.53 bits per heavy atom. The molecule has 2 heterocycles. The molecule has 30 heavy (non-hydrogen) atoms. The van der Waals surface area contributed by atoms with Crippen molar-refractivity contribution in [3.8, 4) is 0 Å². The summed E-state index contributed by atoms with van der Waals surface area (Å²) in [6, 6.07) is 11.7.